The maximum Gasteiger partial charge on any atom is 0.338 e. The third-order valence-electron chi connectivity index (χ3n) is 2.59. The number of benzene rings is 1. The molecule has 24 heavy (non-hydrogen) atoms. The van der Waals surface area contributed by atoms with E-state index in [2.05, 4.69) is 0 Å². The number of nitrogens with two attached hydrogens (primary N) is 1. The standard InChI is InChI=1S/C15H19ClN2O6/c1-3-5-23-13-10(16)6-9(7-11(13)22-4-2)14(20)24-8-12(19)18-15(17)21/h6-7H,3-5,8H2,1-2H3,(H3,17,18,19,21). The second-order valence-electron chi connectivity index (χ2n) is 4.56. The van der Waals surface area contributed by atoms with Gasteiger partial charge in [-0.1, -0.05) is 18.5 Å². The van der Waals surface area contributed by atoms with Crippen LogP contribution in [0.1, 0.15) is 30.6 Å². The van der Waals surface area contributed by atoms with Gasteiger partial charge in [-0.3, -0.25) is 10.1 Å². The fourth-order valence-corrected chi connectivity index (χ4v) is 1.95. The fourth-order valence-electron chi connectivity index (χ4n) is 1.68. The topological polar surface area (TPSA) is 117 Å². The predicted molar refractivity (Wildman–Crippen MR) is 86.4 cm³/mol. The van der Waals surface area contributed by atoms with Gasteiger partial charge in [0.2, 0.25) is 0 Å². The van der Waals surface area contributed by atoms with Crippen LogP contribution in [0.2, 0.25) is 5.02 Å². The second-order valence-corrected chi connectivity index (χ2v) is 4.96. The summed E-state index contributed by atoms with van der Waals surface area (Å²) in [6.07, 6.45) is 0.778. The molecule has 0 saturated heterocycles. The molecule has 0 aromatic heterocycles. The van der Waals surface area contributed by atoms with Crippen LogP contribution in [-0.4, -0.2) is 37.7 Å². The van der Waals surface area contributed by atoms with Gasteiger partial charge in [0.25, 0.3) is 5.91 Å². The summed E-state index contributed by atoms with van der Waals surface area (Å²) >= 11 is 6.13. The summed E-state index contributed by atoms with van der Waals surface area (Å²) in [5.41, 5.74) is 4.86. The van der Waals surface area contributed by atoms with Gasteiger partial charge in [-0.25, -0.2) is 9.59 Å². The van der Waals surface area contributed by atoms with E-state index in [0.717, 1.165) is 6.42 Å². The monoisotopic (exact) mass is 358 g/mol. The number of amides is 3. The molecule has 0 aliphatic carbocycles. The van der Waals surface area contributed by atoms with E-state index in [-0.39, 0.29) is 10.6 Å². The highest BCUT2D eigenvalue weighted by atomic mass is 35.5. The lowest BCUT2D eigenvalue weighted by Gasteiger charge is -2.14. The molecule has 8 nitrogen and oxygen atoms in total. The molecule has 0 spiro atoms. The van der Waals surface area contributed by atoms with Crippen molar-refractivity contribution in [3.05, 3.63) is 22.7 Å². The second kappa shape index (κ2) is 9.61. The molecule has 0 radical (unpaired) electrons. The number of carbonyl (C=O) groups excluding carboxylic acids is 3. The molecule has 132 valence electrons. The average molecular weight is 359 g/mol. The van der Waals surface area contributed by atoms with Gasteiger partial charge < -0.3 is 19.9 Å². The molecular formula is C15H19ClN2O6. The third-order valence-corrected chi connectivity index (χ3v) is 2.87. The molecule has 0 bridgehead atoms. The Morgan fingerprint density at radius 2 is 1.92 bits per heavy atom. The Labute approximate surface area is 144 Å². The lowest BCUT2D eigenvalue weighted by molar-refractivity contribution is -0.123. The summed E-state index contributed by atoms with van der Waals surface area (Å²) in [5, 5.41) is 1.96. The van der Waals surface area contributed by atoms with Crippen LogP contribution < -0.4 is 20.5 Å². The van der Waals surface area contributed by atoms with Crippen molar-refractivity contribution in [1.82, 2.24) is 5.32 Å². The molecule has 0 heterocycles. The van der Waals surface area contributed by atoms with E-state index in [1.165, 1.54) is 12.1 Å². The third kappa shape index (κ3) is 5.96. The minimum Gasteiger partial charge on any atom is -0.490 e. The molecule has 0 saturated carbocycles. The SMILES string of the molecule is CCCOc1c(Cl)cc(C(=O)OCC(=O)NC(N)=O)cc1OCC. The molecule has 0 aliphatic heterocycles. The molecule has 3 amide bonds. The van der Waals surface area contributed by atoms with E-state index in [1.807, 2.05) is 6.92 Å². The molecule has 3 N–H and O–H groups in total. The van der Waals surface area contributed by atoms with Crippen LogP contribution in [-0.2, 0) is 9.53 Å². The van der Waals surface area contributed by atoms with Gasteiger partial charge in [-0.05, 0) is 25.5 Å². The quantitative estimate of drug-likeness (QED) is 0.685. The number of hydrogen-bond donors (Lipinski definition) is 2. The molecule has 0 aliphatic rings. The van der Waals surface area contributed by atoms with Crippen LogP contribution in [0, 0.1) is 0 Å². The van der Waals surface area contributed by atoms with Crippen molar-refractivity contribution >= 4 is 29.5 Å². The highest BCUT2D eigenvalue weighted by Crippen LogP contribution is 2.37. The Morgan fingerprint density at radius 3 is 2.50 bits per heavy atom. The lowest BCUT2D eigenvalue weighted by atomic mass is 10.2. The number of rotatable bonds is 8. The fraction of sp³-hybridized carbons (Fsp3) is 0.400. The zero-order valence-corrected chi connectivity index (χ0v) is 14.1. The van der Waals surface area contributed by atoms with Crippen molar-refractivity contribution in [2.24, 2.45) is 5.73 Å². The molecule has 0 fully saturated rings. The maximum absolute atomic E-state index is 12.0. The van der Waals surface area contributed by atoms with E-state index < -0.39 is 24.5 Å². The molecular weight excluding hydrogens is 340 g/mol. The molecule has 1 rings (SSSR count). The van der Waals surface area contributed by atoms with Gasteiger partial charge in [0.15, 0.2) is 18.1 Å². The number of carbonyl (C=O) groups is 3. The zero-order valence-electron chi connectivity index (χ0n) is 13.4. The van der Waals surface area contributed by atoms with Crippen molar-refractivity contribution in [3.63, 3.8) is 0 Å². The van der Waals surface area contributed by atoms with Crippen LogP contribution in [0.5, 0.6) is 11.5 Å². The van der Waals surface area contributed by atoms with E-state index in [9.17, 15) is 14.4 Å². The van der Waals surface area contributed by atoms with E-state index in [0.29, 0.717) is 24.7 Å². The Morgan fingerprint density at radius 1 is 1.21 bits per heavy atom. The van der Waals surface area contributed by atoms with Crippen LogP contribution in [0.3, 0.4) is 0 Å². The minimum atomic E-state index is -1.03. The predicted octanol–water partition coefficient (Wildman–Crippen LogP) is 1.88. The van der Waals surface area contributed by atoms with Gasteiger partial charge in [-0.2, -0.15) is 0 Å². The van der Waals surface area contributed by atoms with Gasteiger partial charge in [0.05, 0.1) is 23.8 Å². The lowest BCUT2D eigenvalue weighted by Crippen LogP contribution is -2.37. The zero-order chi connectivity index (χ0) is 18.1. The maximum atomic E-state index is 12.0. The van der Waals surface area contributed by atoms with E-state index in [1.54, 1.807) is 12.2 Å². The summed E-state index contributed by atoms with van der Waals surface area (Å²) in [6, 6.07) is 1.73. The number of hydrogen-bond acceptors (Lipinski definition) is 6. The van der Waals surface area contributed by atoms with Gasteiger partial charge in [0.1, 0.15) is 0 Å². The summed E-state index contributed by atoms with van der Waals surface area (Å²) in [4.78, 5) is 33.7. The molecule has 0 atom stereocenters. The van der Waals surface area contributed by atoms with Crippen molar-refractivity contribution in [1.29, 1.82) is 0 Å². The van der Waals surface area contributed by atoms with E-state index >= 15 is 0 Å². The van der Waals surface area contributed by atoms with Gasteiger partial charge >= 0.3 is 12.0 Å². The normalized spacial score (nSPS) is 9.96. The Bertz CT molecular complexity index is 620. The number of halogens is 1. The van der Waals surface area contributed by atoms with Gasteiger partial charge in [0, 0.05) is 0 Å². The number of urea groups is 1. The first kappa shape index (κ1) is 19.6. The minimum absolute atomic E-state index is 0.0826. The highest BCUT2D eigenvalue weighted by Gasteiger charge is 2.18. The van der Waals surface area contributed by atoms with Gasteiger partial charge in [-0.15, -0.1) is 0 Å². The Balaban J connectivity index is 2.88. The van der Waals surface area contributed by atoms with Crippen molar-refractivity contribution in [3.8, 4) is 11.5 Å². The molecule has 1 aromatic carbocycles. The summed E-state index contributed by atoms with van der Waals surface area (Å²) < 4.78 is 15.7. The number of nitrogens with one attached hydrogen (secondary N) is 1. The van der Waals surface area contributed by atoms with Crippen molar-refractivity contribution in [2.75, 3.05) is 19.8 Å². The number of ether oxygens (including phenoxy) is 3. The summed E-state index contributed by atoms with van der Waals surface area (Å²) in [6.45, 7) is 3.85. The summed E-state index contributed by atoms with van der Waals surface area (Å²) in [5.74, 6) is -1.01. The number of primary amides is 1. The first-order chi connectivity index (χ1) is 11.4. The highest BCUT2D eigenvalue weighted by molar-refractivity contribution is 6.32. The first-order valence-corrected chi connectivity index (χ1v) is 7.62. The smallest absolute Gasteiger partial charge is 0.338 e. The Kier molecular flexibility index (Phi) is 7.84. The number of imide groups is 1. The Hall–Kier alpha value is -2.48. The van der Waals surface area contributed by atoms with Crippen LogP contribution in [0.25, 0.3) is 0 Å². The van der Waals surface area contributed by atoms with Crippen molar-refractivity contribution in [2.45, 2.75) is 20.3 Å². The average Bonchev–Trinajstić information content (AvgIpc) is 2.51. The van der Waals surface area contributed by atoms with Crippen LogP contribution in [0.4, 0.5) is 4.79 Å². The number of esters is 1. The molecule has 1 aromatic rings. The summed E-state index contributed by atoms with van der Waals surface area (Å²) in [7, 11) is 0. The largest absolute Gasteiger partial charge is 0.490 e. The van der Waals surface area contributed by atoms with Crippen LogP contribution >= 0.6 is 11.6 Å². The van der Waals surface area contributed by atoms with Crippen LogP contribution in [0.15, 0.2) is 12.1 Å². The molecule has 9 heteroatoms. The van der Waals surface area contributed by atoms with Crippen molar-refractivity contribution < 1.29 is 28.6 Å². The first-order valence-electron chi connectivity index (χ1n) is 7.24. The van der Waals surface area contributed by atoms with E-state index in [4.69, 9.17) is 31.5 Å². The molecule has 0 unspecified atom stereocenters.